The number of thiazole rings is 1. The van der Waals surface area contributed by atoms with Gasteiger partial charge in [0, 0.05) is 24.6 Å². The molecule has 0 amide bonds. The van der Waals surface area contributed by atoms with E-state index in [2.05, 4.69) is 4.98 Å². The molecule has 4 heteroatoms. The topological polar surface area (TPSA) is 42.4 Å². The fraction of sp³-hybridized carbons (Fsp3) is 0.727. The molecule has 1 aromatic heterocycles. The second-order valence-electron chi connectivity index (χ2n) is 4.10. The zero-order valence-corrected chi connectivity index (χ0v) is 10.5. The highest BCUT2D eigenvalue weighted by Crippen LogP contribution is 2.17. The number of rotatable bonds is 5. The smallest absolute Gasteiger partial charge is 0.0954 e. The summed E-state index contributed by atoms with van der Waals surface area (Å²) in [6.45, 7) is 6.05. The molecule has 0 aliphatic heterocycles. The second kappa shape index (κ2) is 5.58. The van der Waals surface area contributed by atoms with Crippen molar-refractivity contribution >= 4 is 11.3 Å². The van der Waals surface area contributed by atoms with E-state index in [4.69, 9.17) is 4.74 Å². The van der Waals surface area contributed by atoms with Crippen LogP contribution in [0.3, 0.4) is 0 Å². The molecule has 1 heterocycles. The maximum Gasteiger partial charge on any atom is 0.0954 e. The van der Waals surface area contributed by atoms with Gasteiger partial charge in [-0.25, -0.2) is 4.98 Å². The summed E-state index contributed by atoms with van der Waals surface area (Å²) in [5, 5.41) is 13.0. The van der Waals surface area contributed by atoms with Crippen molar-refractivity contribution in [3.8, 4) is 0 Å². The third-order valence-electron chi connectivity index (χ3n) is 2.36. The van der Waals surface area contributed by atoms with E-state index in [-0.39, 0.29) is 6.10 Å². The molecule has 0 aliphatic rings. The van der Waals surface area contributed by atoms with Crippen molar-refractivity contribution in [1.29, 1.82) is 0 Å². The van der Waals surface area contributed by atoms with Crippen LogP contribution in [0.15, 0.2) is 5.38 Å². The average molecular weight is 229 g/mol. The standard InChI is InChI=1S/C11H19NO2S/c1-7(2)11(14-4)9(13)5-10-12-8(3)6-15-10/h6-7,9,11,13H,5H2,1-4H3. The van der Waals surface area contributed by atoms with E-state index in [9.17, 15) is 5.11 Å². The summed E-state index contributed by atoms with van der Waals surface area (Å²) in [6.07, 6.45) is -0.00962. The quantitative estimate of drug-likeness (QED) is 0.840. The van der Waals surface area contributed by atoms with Crippen LogP contribution in [-0.4, -0.2) is 29.4 Å². The molecule has 0 aliphatic carbocycles. The van der Waals surface area contributed by atoms with Crippen LogP contribution in [0.4, 0.5) is 0 Å². The van der Waals surface area contributed by atoms with Crippen molar-refractivity contribution < 1.29 is 9.84 Å². The summed E-state index contributed by atoms with van der Waals surface area (Å²) in [4.78, 5) is 4.33. The number of aliphatic hydroxyl groups excluding tert-OH is 1. The Hall–Kier alpha value is -0.450. The lowest BCUT2D eigenvalue weighted by Crippen LogP contribution is -2.34. The normalized spacial score (nSPS) is 15.6. The second-order valence-corrected chi connectivity index (χ2v) is 5.04. The van der Waals surface area contributed by atoms with Gasteiger partial charge in [0.1, 0.15) is 0 Å². The SMILES string of the molecule is COC(C(C)C)C(O)Cc1nc(C)cs1. The first-order valence-corrected chi connectivity index (χ1v) is 6.04. The van der Waals surface area contributed by atoms with E-state index in [1.165, 1.54) is 0 Å². The van der Waals surface area contributed by atoms with E-state index >= 15 is 0 Å². The van der Waals surface area contributed by atoms with Crippen LogP contribution in [-0.2, 0) is 11.2 Å². The molecule has 0 saturated heterocycles. The predicted molar refractivity (Wildman–Crippen MR) is 62.2 cm³/mol. The summed E-state index contributed by atoms with van der Waals surface area (Å²) in [5.74, 6) is 0.311. The maximum atomic E-state index is 9.98. The number of methoxy groups -OCH3 is 1. The van der Waals surface area contributed by atoms with Gasteiger partial charge in [0.05, 0.1) is 17.2 Å². The molecule has 1 rings (SSSR count). The lowest BCUT2D eigenvalue weighted by Gasteiger charge is -2.24. The minimum absolute atomic E-state index is 0.116. The molecule has 1 aromatic rings. The number of aliphatic hydroxyl groups is 1. The van der Waals surface area contributed by atoms with Crippen LogP contribution in [0.2, 0.25) is 0 Å². The van der Waals surface area contributed by atoms with Crippen LogP contribution in [0, 0.1) is 12.8 Å². The molecule has 0 saturated carbocycles. The summed E-state index contributed by atoms with van der Waals surface area (Å²) in [6, 6.07) is 0. The van der Waals surface area contributed by atoms with Crippen molar-refractivity contribution in [3.63, 3.8) is 0 Å². The highest BCUT2D eigenvalue weighted by Gasteiger charge is 2.23. The number of aryl methyl sites for hydroxylation is 1. The van der Waals surface area contributed by atoms with Crippen molar-refractivity contribution in [2.45, 2.75) is 39.4 Å². The Bertz CT molecular complexity index is 299. The molecule has 0 radical (unpaired) electrons. The summed E-state index contributed by atoms with van der Waals surface area (Å²) in [7, 11) is 1.64. The highest BCUT2D eigenvalue weighted by molar-refractivity contribution is 7.09. The largest absolute Gasteiger partial charge is 0.390 e. The molecule has 86 valence electrons. The minimum atomic E-state index is -0.472. The van der Waals surface area contributed by atoms with Gasteiger partial charge in [0.2, 0.25) is 0 Å². The van der Waals surface area contributed by atoms with Gasteiger partial charge in [-0.05, 0) is 12.8 Å². The lowest BCUT2D eigenvalue weighted by molar-refractivity contribution is -0.0368. The zero-order chi connectivity index (χ0) is 11.4. The predicted octanol–water partition coefficient (Wildman–Crippen LogP) is 2.03. The van der Waals surface area contributed by atoms with Crippen LogP contribution < -0.4 is 0 Å². The Morgan fingerprint density at radius 2 is 2.20 bits per heavy atom. The number of nitrogens with zero attached hydrogens (tertiary/aromatic N) is 1. The summed E-state index contributed by atoms with van der Waals surface area (Å²) < 4.78 is 5.28. The molecule has 0 aromatic carbocycles. The van der Waals surface area contributed by atoms with Gasteiger partial charge in [-0.2, -0.15) is 0 Å². The molecule has 2 atom stereocenters. The van der Waals surface area contributed by atoms with E-state index in [0.29, 0.717) is 12.3 Å². The van der Waals surface area contributed by atoms with Gasteiger partial charge >= 0.3 is 0 Å². The van der Waals surface area contributed by atoms with E-state index in [0.717, 1.165) is 10.7 Å². The van der Waals surface area contributed by atoms with Crippen molar-refractivity contribution in [1.82, 2.24) is 4.98 Å². The maximum absolute atomic E-state index is 9.98. The first-order valence-electron chi connectivity index (χ1n) is 5.16. The zero-order valence-electron chi connectivity index (χ0n) is 9.73. The molecular formula is C11H19NO2S. The Morgan fingerprint density at radius 1 is 1.53 bits per heavy atom. The molecule has 15 heavy (non-hydrogen) atoms. The Morgan fingerprint density at radius 3 is 2.60 bits per heavy atom. The third kappa shape index (κ3) is 3.55. The Labute approximate surface area is 95.1 Å². The number of ether oxygens (including phenoxy) is 1. The molecule has 0 fully saturated rings. The number of aromatic nitrogens is 1. The van der Waals surface area contributed by atoms with Crippen LogP contribution in [0.1, 0.15) is 24.5 Å². The van der Waals surface area contributed by atoms with Crippen LogP contribution in [0.25, 0.3) is 0 Å². The van der Waals surface area contributed by atoms with Gasteiger partial charge in [-0.1, -0.05) is 13.8 Å². The molecule has 0 spiro atoms. The van der Waals surface area contributed by atoms with Crippen LogP contribution in [0.5, 0.6) is 0 Å². The Balaban J connectivity index is 2.57. The molecule has 3 nitrogen and oxygen atoms in total. The monoisotopic (exact) mass is 229 g/mol. The average Bonchev–Trinajstić information content (AvgIpc) is 2.51. The molecule has 2 unspecified atom stereocenters. The van der Waals surface area contributed by atoms with Crippen LogP contribution >= 0.6 is 11.3 Å². The van der Waals surface area contributed by atoms with Gasteiger partial charge in [0.25, 0.3) is 0 Å². The van der Waals surface area contributed by atoms with Gasteiger partial charge in [-0.3, -0.25) is 0 Å². The molecular weight excluding hydrogens is 210 g/mol. The summed E-state index contributed by atoms with van der Waals surface area (Å²) in [5.41, 5.74) is 1.01. The Kier molecular flexibility index (Phi) is 4.70. The van der Waals surface area contributed by atoms with Gasteiger partial charge < -0.3 is 9.84 Å². The highest BCUT2D eigenvalue weighted by atomic mass is 32.1. The minimum Gasteiger partial charge on any atom is -0.390 e. The van der Waals surface area contributed by atoms with Crippen molar-refractivity contribution in [3.05, 3.63) is 16.1 Å². The fourth-order valence-corrected chi connectivity index (χ4v) is 2.49. The number of hydrogen-bond acceptors (Lipinski definition) is 4. The lowest BCUT2D eigenvalue weighted by atomic mass is 10.00. The molecule has 1 N–H and O–H groups in total. The van der Waals surface area contributed by atoms with Gasteiger partial charge in [-0.15, -0.1) is 11.3 Å². The van der Waals surface area contributed by atoms with E-state index in [1.54, 1.807) is 18.4 Å². The fourth-order valence-electron chi connectivity index (χ4n) is 1.67. The third-order valence-corrected chi connectivity index (χ3v) is 3.35. The van der Waals surface area contributed by atoms with E-state index in [1.807, 2.05) is 26.2 Å². The van der Waals surface area contributed by atoms with Crippen molar-refractivity contribution in [2.24, 2.45) is 5.92 Å². The molecule has 0 bridgehead atoms. The first kappa shape index (κ1) is 12.6. The first-order chi connectivity index (χ1) is 7.04. The van der Waals surface area contributed by atoms with Gasteiger partial charge in [0.15, 0.2) is 0 Å². The number of hydrogen-bond donors (Lipinski definition) is 1. The summed E-state index contributed by atoms with van der Waals surface area (Å²) >= 11 is 1.59. The van der Waals surface area contributed by atoms with E-state index < -0.39 is 6.10 Å². The van der Waals surface area contributed by atoms with Crippen molar-refractivity contribution in [2.75, 3.05) is 7.11 Å².